The number of ether oxygens (including phenoxy) is 3. The van der Waals surface area contributed by atoms with Crippen LogP contribution in [0.15, 0.2) is 12.1 Å². The Morgan fingerprint density at radius 2 is 1.94 bits per heavy atom. The Kier molecular flexibility index (Phi) is 4.92. The van der Waals surface area contributed by atoms with Crippen molar-refractivity contribution in [1.82, 2.24) is 0 Å². The minimum atomic E-state index is 0.123. The van der Waals surface area contributed by atoms with Gasteiger partial charge in [-0.15, -0.1) is 0 Å². The van der Waals surface area contributed by atoms with Crippen LogP contribution in [0.2, 0.25) is 0 Å². The first-order chi connectivity index (χ1) is 7.72. The molecule has 0 aromatic heterocycles. The zero-order chi connectivity index (χ0) is 12.0. The molecule has 0 saturated carbocycles. The van der Waals surface area contributed by atoms with E-state index in [-0.39, 0.29) is 6.61 Å². The number of rotatable bonds is 6. The normalized spacial score (nSPS) is 10.0. The number of aliphatic hydroxyl groups excluding tert-OH is 1. The lowest BCUT2D eigenvalue weighted by atomic mass is 10.2. The Morgan fingerprint density at radius 1 is 1.19 bits per heavy atom. The molecule has 0 aliphatic carbocycles. The van der Waals surface area contributed by atoms with Crippen molar-refractivity contribution in [2.75, 3.05) is 27.4 Å². The molecule has 1 N–H and O–H groups in total. The first-order valence-electron chi connectivity index (χ1n) is 5.19. The van der Waals surface area contributed by atoms with Crippen LogP contribution in [-0.4, -0.2) is 32.5 Å². The minimum Gasteiger partial charge on any atom is -0.497 e. The molecule has 1 rings (SSSR count). The predicted octanol–water partition coefficient (Wildman–Crippen LogP) is 1.77. The van der Waals surface area contributed by atoms with E-state index in [4.69, 9.17) is 19.3 Å². The molecule has 0 unspecified atom stereocenters. The first-order valence-corrected chi connectivity index (χ1v) is 5.19. The Bertz CT molecular complexity index is 336. The van der Waals surface area contributed by atoms with Crippen molar-refractivity contribution < 1.29 is 19.3 Å². The van der Waals surface area contributed by atoms with E-state index in [0.717, 1.165) is 11.3 Å². The van der Waals surface area contributed by atoms with Crippen LogP contribution in [0.1, 0.15) is 12.0 Å². The predicted molar refractivity (Wildman–Crippen MR) is 61.5 cm³/mol. The SMILES string of the molecule is COc1cc(C)c(OCCCO)c(OC)c1. The van der Waals surface area contributed by atoms with Gasteiger partial charge in [0.25, 0.3) is 0 Å². The molecule has 0 radical (unpaired) electrons. The second kappa shape index (κ2) is 6.23. The van der Waals surface area contributed by atoms with Crippen LogP contribution < -0.4 is 14.2 Å². The van der Waals surface area contributed by atoms with E-state index < -0.39 is 0 Å². The van der Waals surface area contributed by atoms with Crippen LogP contribution in [0, 0.1) is 6.92 Å². The zero-order valence-corrected chi connectivity index (χ0v) is 9.95. The summed E-state index contributed by atoms with van der Waals surface area (Å²) in [5, 5.41) is 8.69. The largest absolute Gasteiger partial charge is 0.497 e. The molecule has 0 amide bonds. The molecule has 0 heterocycles. The maximum Gasteiger partial charge on any atom is 0.164 e. The summed E-state index contributed by atoms with van der Waals surface area (Å²) >= 11 is 0. The number of methoxy groups -OCH3 is 2. The lowest BCUT2D eigenvalue weighted by molar-refractivity contribution is 0.227. The van der Waals surface area contributed by atoms with Crippen molar-refractivity contribution in [3.05, 3.63) is 17.7 Å². The van der Waals surface area contributed by atoms with Crippen LogP contribution in [0.5, 0.6) is 17.2 Å². The van der Waals surface area contributed by atoms with E-state index in [2.05, 4.69) is 0 Å². The lowest BCUT2D eigenvalue weighted by Gasteiger charge is -2.14. The average Bonchev–Trinajstić information content (AvgIpc) is 2.30. The molecule has 1 aromatic rings. The van der Waals surface area contributed by atoms with E-state index >= 15 is 0 Å². The van der Waals surface area contributed by atoms with Gasteiger partial charge in [0, 0.05) is 19.1 Å². The maximum absolute atomic E-state index is 8.69. The highest BCUT2D eigenvalue weighted by Crippen LogP contribution is 2.35. The van der Waals surface area contributed by atoms with Gasteiger partial charge in [-0.05, 0) is 18.6 Å². The van der Waals surface area contributed by atoms with Gasteiger partial charge in [0.05, 0.1) is 20.8 Å². The van der Waals surface area contributed by atoms with Crippen molar-refractivity contribution in [1.29, 1.82) is 0 Å². The molecule has 0 atom stereocenters. The summed E-state index contributed by atoms with van der Waals surface area (Å²) in [6.45, 7) is 2.52. The molecule has 0 fully saturated rings. The third-order valence-electron chi connectivity index (χ3n) is 2.22. The molecule has 0 aliphatic heterocycles. The summed E-state index contributed by atoms with van der Waals surface area (Å²) in [7, 11) is 3.20. The van der Waals surface area contributed by atoms with Crippen molar-refractivity contribution >= 4 is 0 Å². The summed E-state index contributed by atoms with van der Waals surface area (Å²) in [5.74, 6) is 2.09. The summed E-state index contributed by atoms with van der Waals surface area (Å²) < 4.78 is 15.9. The second-order valence-electron chi connectivity index (χ2n) is 3.40. The van der Waals surface area contributed by atoms with Crippen LogP contribution in [-0.2, 0) is 0 Å². The molecule has 0 saturated heterocycles. The number of hydrogen-bond donors (Lipinski definition) is 1. The molecular weight excluding hydrogens is 208 g/mol. The summed E-state index contributed by atoms with van der Waals surface area (Å²) in [6, 6.07) is 3.66. The highest BCUT2D eigenvalue weighted by Gasteiger charge is 2.10. The quantitative estimate of drug-likeness (QED) is 0.751. The van der Waals surface area contributed by atoms with Crippen molar-refractivity contribution in [2.24, 2.45) is 0 Å². The topological polar surface area (TPSA) is 47.9 Å². The Hall–Kier alpha value is -1.42. The van der Waals surface area contributed by atoms with Crippen LogP contribution >= 0.6 is 0 Å². The smallest absolute Gasteiger partial charge is 0.164 e. The molecule has 16 heavy (non-hydrogen) atoms. The Morgan fingerprint density at radius 3 is 2.50 bits per heavy atom. The van der Waals surface area contributed by atoms with Crippen molar-refractivity contribution in [3.63, 3.8) is 0 Å². The van der Waals surface area contributed by atoms with Gasteiger partial charge in [0.2, 0.25) is 0 Å². The zero-order valence-electron chi connectivity index (χ0n) is 9.95. The fourth-order valence-corrected chi connectivity index (χ4v) is 1.40. The highest BCUT2D eigenvalue weighted by atomic mass is 16.5. The van der Waals surface area contributed by atoms with E-state index in [1.165, 1.54) is 0 Å². The van der Waals surface area contributed by atoms with E-state index in [1.54, 1.807) is 20.3 Å². The molecule has 1 aromatic carbocycles. The average molecular weight is 226 g/mol. The lowest BCUT2D eigenvalue weighted by Crippen LogP contribution is -2.03. The number of hydrogen-bond acceptors (Lipinski definition) is 4. The molecule has 90 valence electrons. The molecule has 4 heteroatoms. The highest BCUT2D eigenvalue weighted by molar-refractivity contribution is 5.51. The van der Waals surface area contributed by atoms with E-state index in [9.17, 15) is 0 Å². The van der Waals surface area contributed by atoms with Crippen LogP contribution in [0.25, 0.3) is 0 Å². The van der Waals surface area contributed by atoms with Gasteiger partial charge in [-0.1, -0.05) is 0 Å². The summed E-state index contributed by atoms with van der Waals surface area (Å²) in [6.07, 6.45) is 0.606. The van der Waals surface area contributed by atoms with Gasteiger partial charge < -0.3 is 19.3 Å². The van der Waals surface area contributed by atoms with Gasteiger partial charge in [0.1, 0.15) is 5.75 Å². The van der Waals surface area contributed by atoms with Crippen LogP contribution in [0.4, 0.5) is 0 Å². The van der Waals surface area contributed by atoms with Crippen molar-refractivity contribution in [2.45, 2.75) is 13.3 Å². The molecule has 4 nitrogen and oxygen atoms in total. The van der Waals surface area contributed by atoms with Gasteiger partial charge in [0.15, 0.2) is 11.5 Å². The van der Waals surface area contributed by atoms with E-state index in [1.807, 2.05) is 13.0 Å². The fraction of sp³-hybridized carbons (Fsp3) is 0.500. The monoisotopic (exact) mass is 226 g/mol. The first kappa shape index (κ1) is 12.6. The van der Waals surface area contributed by atoms with Gasteiger partial charge >= 0.3 is 0 Å². The van der Waals surface area contributed by atoms with Gasteiger partial charge in [-0.25, -0.2) is 0 Å². The Balaban J connectivity index is 2.88. The molecular formula is C12H18O4. The standard InChI is InChI=1S/C12H18O4/c1-9-7-10(14-2)8-11(15-3)12(9)16-6-4-5-13/h7-8,13H,4-6H2,1-3H3. The minimum absolute atomic E-state index is 0.123. The van der Waals surface area contributed by atoms with Crippen LogP contribution in [0.3, 0.4) is 0 Å². The second-order valence-corrected chi connectivity index (χ2v) is 3.40. The third-order valence-corrected chi connectivity index (χ3v) is 2.22. The molecule has 0 spiro atoms. The van der Waals surface area contributed by atoms with Crippen molar-refractivity contribution in [3.8, 4) is 17.2 Å². The number of benzene rings is 1. The Labute approximate surface area is 95.8 Å². The fourth-order valence-electron chi connectivity index (χ4n) is 1.40. The molecule has 0 bridgehead atoms. The number of aliphatic hydroxyl groups is 1. The van der Waals surface area contributed by atoms with Gasteiger partial charge in [-0.3, -0.25) is 0 Å². The molecule has 0 aliphatic rings. The summed E-state index contributed by atoms with van der Waals surface area (Å²) in [5.41, 5.74) is 0.953. The maximum atomic E-state index is 8.69. The third kappa shape index (κ3) is 3.03. The van der Waals surface area contributed by atoms with E-state index in [0.29, 0.717) is 24.5 Å². The number of aryl methyl sites for hydroxylation is 1. The van der Waals surface area contributed by atoms with Gasteiger partial charge in [-0.2, -0.15) is 0 Å². The summed E-state index contributed by atoms with van der Waals surface area (Å²) in [4.78, 5) is 0.